The summed E-state index contributed by atoms with van der Waals surface area (Å²) in [5.41, 5.74) is 10.4. The van der Waals surface area contributed by atoms with Crippen LogP contribution in [0.4, 0.5) is 0 Å². The molecule has 5 rings (SSSR count). The second-order valence-electron chi connectivity index (χ2n) is 7.41. The van der Waals surface area contributed by atoms with Gasteiger partial charge in [-0.15, -0.1) is 0 Å². The smallest absolute Gasteiger partial charge is 1.00 e. The number of rotatable bonds is 3. The quantitative estimate of drug-likeness (QED) is 0.367. The minimum atomic E-state index is -1.93. The van der Waals surface area contributed by atoms with E-state index in [1.54, 1.807) is 8.83 Å². The molecule has 2 aliphatic carbocycles. The normalized spacial score (nSPS) is 13.2. The van der Waals surface area contributed by atoms with Crippen LogP contribution >= 0.6 is 0 Å². The van der Waals surface area contributed by atoms with Crippen molar-refractivity contribution in [1.82, 2.24) is 0 Å². The fraction of sp³-hybridized carbons (Fsp3) is 0.115. The third-order valence-electron chi connectivity index (χ3n) is 5.68. The van der Waals surface area contributed by atoms with Gasteiger partial charge in [-0.05, 0) is 0 Å². The summed E-state index contributed by atoms with van der Waals surface area (Å²) in [5, 5.41) is 0. The largest absolute Gasteiger partial charge is 1.00 e. The number of hydrogen-bond donors (Lipinski definition) is 0. The maximum absolute atomic E-state index is 2.60. The number of fused-ring (bicyclic) bond motifs is 3. The zero-order valence-corrected chi connectivity index (χ0v) is 20.3. The summed E-state index contributed by atoms with van der Waals surface area (Å²) in [6.45, 7) is 0. The number of hydrogen-bond acceptors (Lipinski definition) is 0. The molecule has 0 saturated heterocycles. The van der Waals surface area contributed by atoms with Gasteiger partial charge in [0.1, 0.15) is 0 Å². The second kappa shape index (κ2) is 9.52. The predicted molar refractivity (Wildman–Crippen MR) is 114 cm³/mol. The molecule has 0 aromatic heterocycles. The fourth-order valence-corrected chi connectivity index (χ4v) is 9.87. The van der Waals surface area contributed by atoms with E-state index in [1.165, 1.54) is 33.4 Å². The van der Waals surface area contributed by atoms with Crippen molar-refractivity contribution < 1.29 is 46.1 Å². The van der Waals surface area contributed by atoms with E-state index in [0.717, 1.165) is 12.8 Å². The fourth-order valence-electron chi connectivity index (χ4n) is 4.45. The van der Waals surface area contributed by atoms with Gasteiger partial charge in [0.25, 0.3) is 0 Å². The molecule has 0 amide bonds. The molecule has 3 heteroatoms. The molecule has 0 aliphatic heterocycles. The van der Waals surface area contributed by atoms with E-state index in [9.17, 15) is 0 Å². The van der Waals surface area contributed by atoms with E-state index in [0.29, 0.717) is 0 Å². The van der Waals surface area contributed by atoms with E-state index >= 15 is 0 Å². The molecule has 0 spiro atoms. The zero-order valence-electron chi connectivity index (χ0n) is 16.3. The van der Waals surface area contributed by atoms with Gasteiger partial charge in [-0.3, -0.25) is 0 Å². The van der Waals surface area contributed by atoms with Crippen LogP contribution in [0.1, 0.15) is 28.7 Å². The molecule has 0 N–H and O–H groups in total. The predicted octanol–water partition coefficient (Wildman–Crippen LogP) is -0.249. The minimum absolute atomic E-state index is 0. The second-order valence-corrected chi connectivity index (χ2v) is 12.7. The Hall–Kier alpha value is -1.53. The van der Waals surface area contributed by atoms with Crippen LogP contribution in [0.3, 0.4) is 0 Å². The van der Waals surface area contributed by atoms with Crippen LogP contribution in [0.25, 0.3) is 16.7 Å². The Labute approximate surface area is 193 Å². The summed E-state index contributed by atoms with van der Waals surface area (Å²) < 4.78 is 6.85. The van der Waals surface area contributed by atoms with E-state index in [2.05, 4.69) is 93.3 Å². The van der Waals surface area contributed by atoms with Gasteiger partial charge in [-0.25, -0.2) is 0 Å². The SMILES string of the molecule is [CH3][Zr+2](=[CH]c1ccccc1)[c]1c(C2=CC=CC2)ccc2c1Cc1ccccc1-2.[Cl-].[Cl-]. The number of halogens is 2. The van der Waals surface area contributed by atoms with Crippen molar-refractivity contribution in [2.45, 2.75) is 17.5 Å². The molecule has 0 nitrogen and oxygen atoms in total. The summed E-state index contributed by atoms with van der Waals surface area (Å²) in [6, 6.07) is 24.6. The van der Waals surface area contributed by atoms with Gasteiger partial charge in [0.15, 0.2) is 0 Å². The zero-order chi connectivity index (χ0) is 18.2. The van der Waals surface area contributed by atoms with Crippen molar-refractivity contribution in [1.29, 1.82) is 0 Å². The summed E-state index contributed by atoms with van der Waals surface area (Å²) in [6.07, 6.45) is 8.96. The van der Waals surface area contributed by atoms with Crippen LogP contribution in [-0.2, 0) is 27.7 Å². The van der Waals surface area contributed by atoms with Gasteiger partial charge < -0.3 is 24.8 Å². The van der Waals surface area contributed by atoms with Gasteiger partial charge in [0.2, 0.25) is 0 Å². The summed E-state index contributed by atoms with van der Waals surface area (Å²) >= 11 is -1.93. The van der Waals surface area contributed by atoms with Crippen molar-refractivity contribution in [2.24, 2.45) is 0 Å². The van der Waals surface area contributed by atoms with Crippen molar-refractivity contribution in [3.63, 3.8) is 0 Å². The first-order chi connectivity index (χ1) is 13.3. The molecule has 0 bridgehead atoms. The third kappa shape index (κ3) is 4.20. The molecule has 2 aliphatic rings. The van der Waals surface area contributed by atoms with Crippen LogP contribution < -0.4 is 28.1 Å². The van der Waals surface area contributed by atoms with Crippen LogP contribution in [0, 0.1) is 0 Å². The topological polar surface area (TPSA) is 0 Å². The Balaban J connectivity index is 0.00000120. The van der Waals surface area contributed by atoms with Gasteiger partial charge in [-0.1, -0.05) is 0 Å². The van der Waals surface area contributed by atoms with Crippen LogP contribution in [0.2, 0.25) is 4.63 Å². The molecule has 3 aromatic carbocycles. The van der Waals surface area contributed by atoms with Crippen molar-refractivity contribution in [3.8, 4) is 11.1 Å². The molecule has 0 heterocycles. The van der Waals surface area contributed by atoms with Gasteiger partial charge in [0, 0.05) is 0 Å². The van der Waals surface area contributed by atoms with Crippen LogP contribution in [0.15, 0.2) is 85.0 Å². The monoisotopic (exact) mass is 494 g/mol. The third-order valence-corrected chi connectivity index (χ3v) is 10.9. The first-order valence-electron chi connectivity index (χ1n) is 9.65. The Bertz CT molecular complexity index is 1120. The number of allylic oxidation sites excluding steroid dienone is 4. The summed E-state index contributed by atoms with van der Waals surface area (Å²) in [5.74, 6) is 0. The van der Waals surface area contributed by atoms with E-state index in [4.69, 9.17) is 0 Å². The van der Waals surface area contributed by atoms with Gasteiger partial charge >= 0.3 is 170 Å². The van der Waals surface area contributed by atoms with E-state index < -0.39 is 21.3 Å². The molecular weight excluding hydrogens is 474 g/mol. The van der Waals surface area contributed by atoms with Crippen molar-refractivity contribution in [3.05, 3.63) is 107 Å². The first-order valence-corrected chi connectivity index (χ1v) is 14.8. The maximum Gasteiger partial charge on any atom is -1.00 e. The molecule has 0 unspecified atom stereocenters. The standard InChI is InChI=1S/C18H13.C7H6.CH3.2ClH.Zr/c1-2-6-13(5-1)14-9-10-18-16(11-14)12-15-7-3-4-8-17(15)18;1-7-5-3-2-4-6-7;;;;/h1-5,7-10H,6,12H2;1-6H;1H3;2*1H;/q;;;;;+2/p-2. The molecule has 3 aromatic rings. The molecule has 0 fully saturated rings. The molecule has 144 valence electrons. The summed E-state index contributed by atoms with van der Waals surface area (Å²) in [7, 11) is 0. The minimum Gasteiger partial charge on any atom is -1.00 e. The first kappa shape index (κ1) is 22.2. The van der Waals surface area contributed by atoms with Crippen molar-refractivity contribution >= 4 is 12.6 Å². The summed E-state index contributed by atoms with van der Waals surface area (Å²) in [4.78, 5) is 0. The Morgan fingerprint density at radius 1 is 0.793 bits per heavy atom. The average Bonchev–Trinajstić information content (AvgIpc) is 3.35. The number of benzene rings is 3. The molecule has 0 saturated carbocycles. The maximum atomic E-state index is 2.60. The Morgan fingerprint density at radius 2 is 1.52 bits per heavy atom. The molecule has 0 radical (unpaired) electrons. The Kier molecular flexibility index (Phi) is 7.28. The van der Waals surface area contributed by atoms with E-state index in [1.807, 2.05) is 0 Å². The van der Waals surface area contributed by atoms with Gasteiger partial charge in [0.05, 0.1) is 0 Å². The van der Waals surface area contributed by atoms with E-state index in [-0.39, 0.29) is 24.8 Å². The molecule has 29 heavy (non-hydrogen) atoms. The molecular formula is C26H22Cl2Zr. The van der Waals surface area contributed by atoms with Crippen molar-refractivity contribution in [2.75, 3.05) is 0 Å². The van der Waals surface area contributed by atoms with Crippen LogP contribution in [0.5, 0.6) is 0 Å². The van der Waals surface area contributed by atoms with Crippen LogP contribution in [-0.4, -0.2) is 3.71 Å². The average molecular weight is 497 g/mol. The Morgan fingerprint density at radius 3 is 2.28 bits per heavy atom. The van der Waals surface area contributed by atoms with Gasteiger partial charge in [-0.2, -0.15) is 0 Å². The molecule has 0 atom stereocenters.